The molecule has 2 amide bonds. The Morgan fingerprint density at radius 1 is 1.46 bits per heavy atom. The number of benzene rings is 1. The van der Waals surface area contributed by atoms with Gasteiger partial charge < -0.3 is 20.1 Å². The third-order valence-corrected chi connectivity index (χ3v) is 4.54. The molecule has 5 nitrogen and oxygen atoms in total. The van der Waals surface area contributed by atoms with Gasteiger partial charge in [-0.25, -0.2) is 4.79 Å². The monoisotopic (exact) mass is 334 g/mol. The summed E-state index contributed by atoms with van der Waals surface area (Å²) >= 11 is 0. The maximum absolute atomic E-state index is 12.1. The van der Waals surface area contributed by atoms with E-state index in [0.29, 0.717) is 26.2 Å². The maximum atomic E-state index is 12.1. The summed E-state index contributed by atoms with van der Waals surface area (Å²) < 4.78 is 5.74. The number of carbonyl (C=O) groups excluding carboxylic acids is 1. The summed E-state index contributed by atoms with van der Waals surface area (Å²) in [4.78, 5) is 13.8. The summed E-state index contributed by atoms with van der Waals surface area (Å²) in [6, 6.07) is 8.00. The second kappa shape index (κ2) is 7.88. The first-order chi connectivity index (χ1) is 11.3. The number of likely N-dealkylation sites (tertiary alicyclic amines) is 1. The highest BCUT2D eigenvalue weighted by Crippen LogP contribution is 2.25. The smallest absolute Gasteiger partial charge is 0.317 e. The summed E-state index contributed by atoms with van der Waals surface area (Å²) in [5.41, 5.74) is 1.31. The molecule has 1 aliphatic heterocycles. The zero-order valence-electron chi connectivity index (χ0n) is 15.2. The number of nitrogens with one attached hydrogen (secondary N) is 1. The fourth-order valence-electron chi connectivity index (χ4n) is 2.86. The highest BCUT2D eigenvalue weighted by Gasteiger charge is 2.28. The van der Waals surface area contributed by atoms with E-state index in [-0.39, 0.29) is 23.5 Å². The van der Waals surface area contributed by atoms with Crippen molar-refractivity contribution in [3.63, 3.8) is 0 Å². The Labute approximate surface area is 145 Å². The third kappa shape index (κ3) is 5.13. The van der Waals surface area contributed by atoms with Crippen LogP contribution in [0.15, 0.2) is 24.3 Å². The largest absolute Gasteiger partial charge is 0.492 e. The fraction of sp³-hybridized carbons (Fsp3) is 0.632. The first-order valence-electron chi connectivity index (χ1n) is 8.71. The van der Waals surface area contributed by atoms with Crippen molar-refractivity contribution in [2.75, 3.05) is 26.2 Å². The summed E-state index contributed by atoms with van der Waals surface area (Å²) in [5, 5.41) is 12.5. The Hall–Kier alpha value is -1.75. The number of urea groups is 1. The highest BCUT2D eigenvalue weighted by molar-refractivity contribution is 5.74. The van der Waals surface area contributed by atoms with Gasteiger partial charge in [-0.2, -0.15) is 0 Å². The van der Waals surface area contributed by atoms with Crippen molar-refractivity contribution in [3.8, 4) is 5.75 Å². The average Bonchev–Trinajstić information content (AvgIpc) is 3.01. The van der Waals surface area contributed by atoms with Gasteiger partial charge >= 0.3 is 6.03 Å². The molecule has 0 aromatic heterocycles. The van der Waals surface area contributed by atoms with Crippen molar-refractivity contribution in [1.82, 2.24) is 10.2 Å². The van der Waals surface area contributed by atoms with Gasteiger partial charge in [-0.15, -0.1) is 0 Å². The van der Waals surface area contributed by atoms with Gasteiger partial charge in [0.05, 0.1) is 12.6 Å². The summed E-state index contributed by atoms with van der Waals surface area (Å²) in [7, 11) is 0. The number of carbonyl (C=O) groups is 1. The molecule has 2 atom stereocenters. The lowest BCUT2D eigenvalue weighted by Crippen LogP contribution is -2.40. The molecular weight excluding hydrogens is 304 g/mol. The second-order valence-electron chi connectivity index (χ2n) is 7.59. The Balaban J connectivity index is 1.73. The molecule has 1 aromatic carbocycles. The van der Waals surface area contributed by atoms with E-state index in [1.807, 2.05) is 12.1 Å². The summed E-state index contributed by atoms with van der Waals surface area (Å²) in [6.07, 6.45) is 0.502. The number of hydrogen-bond acceptors (Lipinski definition) is 3. The van der Waals surface area contributed by atoms with E-state index in [2.05, 4.69) is 38.2 Å². The zero-order chi connectivity index (χ0) is 17.7. The lowest BCUT2D eigenvalue weighted by atomic mass is 9.87. The third-order valence-electron chi connectivity index (χ3n) is 4.54. The minimum atomic E-state index is -0.360. The standard InChI is InChI=1S/C19H30N2O3/c1-14(22)15-8-10-21(13-15)18(23)20-9-11-24-17-7-5-6-16(12-17)19(2,3)4/h5-7,12,14-15,22H,8-11,13H2,1-4H3,(H,20,23)/t14-,15+/m0/s1. The second-order valence-corrected chi connectivity index (χ2v) is 7.59. The number of aliphatic hydroxyl groups is 1. The molecule has 0 aliphatic carbocycles. The Morgan fingerprint density at radius 2 is 2.21 bits per heavy atom. The maximum Gasteiger partial charge on any atom is 0.317 e. The molecule has 0 bridgehead atoms. The van der Waals surface area contributed by atoms with Crippen molar-refractivity contribution in [1.29, 1.82) is 0 Å². The predicted octanol–water partition coefficient (Wildman–Crippen LogP) is 2.78. The van der Waals surface area contributed by atoms with Crippen LogP contribution in [0.5, 0.6) is 5.75 Å². The van der Waals surface area contributed by atoms with E-state index in [1.165, 1.54) is 5.56 Å². The minimum Gasteiger partial charge on any atom is -0.492 e. The van der Waals surface area contributed by atoms with Crippen LogP contribution in [0.4, 0.5) is 4.79 Å². The van der Waals surface area contributed by atoms with Gasteiger partial charge in [0.1, 0.15) is 12.4 Å². The molecule has 1 saturated heterocycles. The molecule has 0 saturated carbocycles. The van der Waals surface area contributed by atoms with Crippen molar-refractivity contribution in [3.05, 3.63) is 29.8 Å². The van der Waals surface area contributed by atoms with Gasteiger partial charge in [0.2, 0.25) is 0 Å². The van der Waals surface area contributed by atoms with Gasteiger partial charge in [0.25, 0.3) is 0 Å². The van der Waals surface area contributed by atoms with E-state index in [4.69, 9.17) is 4.74 Å². The van der Waals surface area contributed by atoms with E-state index < -0.39 is 0 Å². The van der Waals surface area contributed by atoms with Crippen LogP contribution in [0.3, 0.4) is 0 Å². The molecule has 1 aromatic rings. The molecule has 2 N–H and O–H groups in total. The number of nitrogens with zero attached hydrogens (tertiary/aromatic N) is 1. The van der Waals surface area contributed by atoms with Crippen LogP contribution in [0.2, 0.25) is 0 Å². The molecule has 1 aliphatic rings. The van der Waals surface area contributed by atoms with E-state index in [0.717, 1.165) is 12.2 Å². The van der Waals surface area contributed by atoms with Crippen LogP contribution in [-0.2, 0) is 5.41 Å². The average molecular weight is 334 g/mol. The Kier molecular flexibility index (Phi) is 6.10. The minimum absolute atomic E-state index is 0.0785. The Morgan fingerprint density at radius 3 is 2.83 bits per heavy atom. The molecule has 0 unspecified atom stereocenters. The van der Waals surface area contributed by atoms with Gasteiger partial charge in [0.15, 0.2) is 0 Å². The molecule has 0 radical (unpaired) electrons. The zero-order valence-corrected chi connectivity index (χ0v) is 15.2. The van der Waals surface area contributed by atoms with Crippen LogP contribution in [0.25, 0.3) is 0 Å². The quantitative estimate of drug-likeness (QED) is 0.814. The molecular formula is C19H30N2O3. The van der Waals surface area contributed by atoms with Crippen molar-refractivity contribution < 1.29 is 14.6 Å². The van der Waals surface area contributed by atoms with Crippen molar-refractivity contribution in [2.45, 2.75) is 45.6 Å². The van der Waals surface area contributed by atoms with Gasteiger partial charge in [-0.05, 0) is 36.5 Å². The molecule has 2 rings (SSSR count). The Bertz CT molecular complexity index is 552. The molecule has 1 fully saturated rings. The normalized spacial score (nSPS) is 19.2. The number of aliphatic hydroxyl groups excluding tert-OH is 1. The van der Waals surface area contributed by atoms with E-state index in [1.54, 1.807) is 11.8 Å². The first-order valence-corrected chi connectivity index (χ1v) is 8.71. The van der Waals surface area contributed by atoms with Gasteiger partial charge in [-0.1, -0.05) is 32.9 Å². The van der Waals surface area contributed by atoms with Crippen LogP contribution in [0, 0.1) is 5.92 Å². The number of hydrogen-bond donors (Lipinski definition) is 2. The number of ether oxygens (including phenoxy) is 1. The van der Waals surface area contributed by atoms with Crippen molar-refractivity contribution >= 4 is 6.03 Å². The van der Waals surface area contributed by atoms with E-state index >= 15 is 0 Å². The van der Waals surface area contributed by atoms with Gasteiger partial charge in [-0.3, -0.25) is 0 Å². The molecule has 1 heterocycles. The van der Waals surface area contributed by atoms with Crippen molar-refractivity contribution in [2.24, 2.45) is 5.92 Å². The first kappa shape index (κ1) is 18.6. The van der Waals surface area contributed by atoms with Gasteiger partial charge in [0, 0.05) is 19.0 Å². The van der Waals surface area contributed by atoms with Crippen LogP contribution in [0.1, 0.15) is 39.7 Å². The molecule has 24 heavy (non-hydrogen) atoms. The number of rotatable bonds is 5. The van der Waals surface area contributed by atoms with Crippen LogP contribution < -0.4 is 10.1 Å². The molecule has 134 valence electrons. The summed E-state index contributed by atoms with van der Waals surface area (Å²) in [5.74, 6) is 1.01. The van der Waals surface area contributed by atoms with Crippen LogP contribution in [-0.4, -0.2) is 48.4 Å². The predicted molar refractivity (Wildman–Crippen MR) is 95.4 cm³/mol. The number of amides is 2. The molecule has 0 spiro atoms. The van der Waals surface area contributed by atoms with Crippen LogP contribution >= 0.6 is 0 Å². The summed E-state index contributed by atoms with van der Waals surface area (Å²) in [6.45, 7) is 10.5. The molecule has 5 heteroatoms. The lowest BCUT2D eigenvalue weighted by molar-refractivity contribution is 0.129. The SMILES string of the molecule is C[C@H](O)[C@@H]1CCN(C(=O)NCCOc2cccc(C(C)(C)C)c2)C1. The highest BCUT2D eigenvalue weighted by atomic mass is 16.5. The fourth-order valence-corrected chi connectivity index (χ4v) is 2.86. The lowest BCUT2D eigenvalue weighted by Gasteiger charge is -2.20. The van der Waals surface area contributed by atoms with E-state index in [9.17, 15) is 9.90 Å². The topological polar surface area (TPSA) is 61.8 Å².